The van der Waals surface area contributed by atoms with Crippen LogP contribution >= 0.6 is 0 Å². The second-order valence-electron chi connectivity index (χ2n) is 9.63. The predicted molar refractivity (Wildman–Crippen MR) is 117 cm³/mol. The Morgan fingerprint density at radius 1 is 1.19 bits per heavy atom. The van der Waals surface area contributed by atoms with Gasteiger partial charge in [-0.3, -0.25) is 9.59 Å². The van der Waals surface area contributed by atoms with E-state index >= 15 is 0 Å². The topological polar surface area (TPSA) is 85.5 Å². The molecule has 1 saturated carbocycles. The maximum absolute atomic E-state index is 13.9. The maximum atomic E-state index is 13.9. The highest BCUT2D eigenvalue weighted by Gasteiger charge is 2.61. The summed E-state index contributed by atoms with van der Waals surface area (Å²) >= 11 is 0. The normalized spacial score (nSPS) is 24.8. The van der Waals surface area contributed by atoms with Gasteiger partial charge in [-0.1, -0.05) is 44.9 Å². The number of rotatable bonds is 4. The van der Waals surface area contributed by atoms with Crippen molar-refractivity contribution in [3.05, 3.63) is 35.5 Å². The lowest BCUT2D eigenvalue weighted by Gasteiger charge is -2.36. The number of nitrogens with one attached hydrogen (secondary N) is 2. The molecule has 1 saturated heterocycles. The van der Waals surface area contributed by atoms with Crippen LogP contribution in [0.3, 0.4) is 0 Å². The smallest absolute Gasteiger partial charge is 0.328 e. The van der Waals surface area contributed by atoms with E-state index in [1.165, 1.54) is 4.90 Å². The first-order valence-corrected chi connectivity index (χ1v) is 11.4. The summed E-state index contributed by atoms with van der Waals surface area (Å²) in [6.45, 7) is 6.06. The molecule has 2 aliphatic heterocycles. The Bertz CT molecular complexity index is 1070. The largest absolute Gasteiger partial charge is 0.356 e. The summed E-state index contributed by atoms with van der Waals surface area (Å²) in [5.74, 6) is -0.712. The second-order valence-corrected chi connectivity index (χ2v) is 9.63. The number of fused-ring (bicyclic) bond motifs is 5. The molecule has 1 aromatic heterocycles. The number of amides is 4. The molecule has 2 aromatic rings. The van der Waals surface area contributed by atoms with Crippen LogP contribution in [0.25, 0.3) is 10.9 Å². The number of hydrogen-bond acceptors (Lipinski definition) is 3. The first-order chi connectivity index (χ1) is 14.8. The van der Waals surface area contributed by atoms with Crippen LogP contribution in [0, 0.1) is 5.92 Å². The Kier molecular flexibility index (Phi) is 4.61. The van der Waals surface area contributed by atoms with E-state index in [9.17, 15) is 14.4 Å². The van der Waals surface area contributed by atoms with Gasteiger partial charge in [-0.25, -0.2) is 9.69 Å². The van der Waals surface area contributed by atoms with Crippen molar-refractivity contribution in [2.75, 3.05) is 6.54 Å². The van der Waals surface area contributed by atoms with Gasteiger partial charge in [0.25, 0.3) is 5.91 Å². The van der Waals surface area contributed by atoms with Crippen molar-refractivity contribution in [3.63, 3.8) is 0 Å². The standard InChI is InChI=1S/C24H30N4O3/c1-14(2)19(21(29)25-15-8-4-5-9-15)28-22(30)24(3)20-17(12-13-27(24)23(28)31)16-10-6-7-11-18(16)26-20/h6-7,10-11,14-15,19,26H,4-5,8-9,12-13H2,1-3H3,(H,25,29)/t19-,24-/m0/s1. The highest BCUT2D eigenvalue weighted by atomic mass is 16.2. The summed E-state index contributed by atoms with van der Waals surface area (Å²) in [5, 5.41) is 4.20. The van der Waals surface area contributed by atoms with E-state index in [1.807, 2.05) is 39.0 Å². The Labute approximate surface area is 182 Å². The molecule has 1 aromatic carbocycles. The molecule has 5 rings (SSSR count). The molecule has 0 spiro atoms. The van der Waals surface area contributed by atoms with Crippen LogP contribution in [0.1, 0.15) is 57.7 Å². The van der Waals surface area contributed by atoms with Crippen molar-refractivity contribution in [2.45, 2.75) is 70.5 Å². The summed E-state index contributed by atoms with van der Waals surface area (Å²) in [6, 6.07) is 6.95. The van der Waals surface area contributed by atoms with Crippen molar-refractivity contribution in [1.29, 1.82) is 0 Å². The first-order valence-electron chi connectivity index (χ1n) is 11.4. The Morgan fingerprint density at radius 3 is 2.61 bits per heavy atom. The molecular weight excluding hydrogens is 392 g/mol. The molecule has 4 amide bonds. The maximum Gasteiger partial charge on any atom is 0.328 e. The molecule has 0 unspecified atom stereocenters. The molecule has 164 valence electrons. The van der Waals surface area contributed by atoms with Gasteiger partial charge in [0.05, 0.1) is 5.69 Å². The monoisotopic (exact) mass is 422 g/mol. The van der Waals surface area contributed by atoms with Crippen molar-refractivity contribution < 1.29 is 14.4 Å². The second kappa shape index (κ2) is 7.11. The van der Waals surface area contributed by atoms with Crippen molar-refractivity contribution in [1.82, 2.24) is 20.1 Å². The van der Waals surface area contributed by atoms with E-state index in [-0.39, 0.29) is 29.8 Å². The third kappa shape index (κ3) is 2.82. The molecule has 31 heavy (non-hydrogen) atoms. The van der Waals surface area contributed by atoms with Crippen molar-refractivity contribution in [3.8, 4) is 0 Å². The van der Waals surface area contributed by atoms with E-state index in [0.29, 0.717) is 13.0 Å². The average Bonchev–Trinajstić information content (AvgIpc) is 3.42. The lowest BCUT2D eigenvalue weighted by Crippen LogP contribution is -2.54. The van der Waals surface area contributed by atoms with Crippen LogP contribution in [0.5, 0.6) is 0 Å². The van der Waals surface area contributed by atoms with Crippen LogP contribution in [0.2, 0.25) is 0 Å². The van der Waals surface area contributed by atoms with Crippen LogP contribution < -0.4 is 5.32 Å². The summed E-state index contributed by atoms with van der Waals surface area (Å²) in [7, 11) is 0. The fourth-order valence-corrected chi connectivity index (χ4v) is 5.74. The molecule has 7 heteroatoms. The van der Waals surface area contributed by atoms with Gasteiger partial charge in [0.2, 0.25) is 5.91 Å². The van der Waals surface area contributed by atoms with Crippen molar-refractivity contribution in [2.24, 2.45) is 5.92 Å². The number of carbonyl (C=O) groups is 3. The number of para-hydroxylation sites is 1. The minimum absolute atomic E-state index is 0.139. The number of benzene rings is 1. The predicted octanol–water partition coefficient (Wildman–Crippen LogP) is 3.29. The van der Waals surface area contributed by atoms with Gasteiger partial charge in [-0.2, -0.15) is 0 Å². The number of urea groups is 1. The molecule has 0 bridgehead atoms. The first kappa shape index (κ1) is 20.1. The summed E-state index contributed by atoms with van der Waals surface area (Å²) in [4.78, 5) is 46.9. The van der Waals surface area contributed by atoms with Crippen LogP contribution in [0.4, 0.5) is 4.79 Å². The molecule has 1 aliphatic carbocycles. The Balaban J connectivity index is 1.54. The van der Waals surface area contributed by atoms with Gasteiger partial charge >= 0.3 is 6.03 Å². The van der Waals surface area contributed by atoms with Gasteiger partial charge in [-0.05, 0) is 43.7 Å². The summed E-state index contributed by atoms with van der Waals surface area (Å²) < 4.78 is 0. The highest BCUT2D eigenvalue weighted by molar-refractivity contribution is 6.11. The quantitative estimate of drug-likeness (QED) is 0.742. The minimum Gasteiger partial charge on any atom is -0.356 e. The Hall–Kier alpha value is -2.83. The van der Waals surface area contributed by atoms with Gasteiger partial charge in [0, 0.05) is 23.5 Å². The third-order valence-corrected chi connectivity index (χ3v) is 7.38. The molecular formula is C24H30N4O3. The van der Waals surface area contributed by atoms with Gasteiger partial charge in [0.1, 0.15) is 6.04 Å². The SMILES string of the molecule is CC(C)[C@@H](C(=O)NC1CCCC1)N1C(=O)N2CCc3c([nH]c4ccccc34)[C@@]2(C)C1=O. The zero-order valence-corrected chi connectivity index (χ0v) is 18.4. The number of imide groups is 1. The summed E-state index contributed by atoms with van der Waals surface area (Å²) in [5.41, 5.74) is 1.71. The number of carbonyl (C=O) groups excluding carboxylic acids is 3. The van der Waals surface area contributed by atoms with E-state index in [0.717, 1.165) is 47.8 Å². The van der Waals surface area contributed by atoms with E-state index in [2.05, 4.69) is 16.4 Å². The zero-order valence-electron chi connectivity index (χ0n) is 18.4. The van der Waals surface area contributed by atoms with Gasteiger partial charge < -0.3 is 15.2 Å². The average molecular weight is 423 g/mol. The third-order valence-electron chi connectivity index (χ3n) is 7.38. The fraction of sp³-hybridized carbons (Fsp3) is 0.542. The van der Waals surface area contributed by atoms with Crippen molar-refractivity contribution >= 4 is 28.7 Å². The number of H-pyrrole nitrogens is 1. The van der Waals surface area contributed by atoms with E-state index < -0.39 is 11.6 Å². The highest BCUT2D eigenvalue weighted by Crippen LogP contribution is 2.45. The number of hydrogen-bond donors (Lipinski definition) is 2. The lowest BCUT2D eigenvalue weighted by molar-refractivity contribution is -0.141. The molecule has 2 fully saturated rings. The van der Waals surface area contributed by atoms with Crippen LogP contribution in [0.15, 0.2) is 24.3 Å². The molecule has 3 aliphatic rings. The molecule has 2 atom stereocenters. The van der Waals surface area contributed by atoms with Crippen LogP contribution in [-0.4, -0.2) is 51.3 Å². The summed E-state index contributed by atoms with van der Waals surface area (Å²) in [6.07, 6.45) is 4.81. The van der Waals surface area contributed by atoms with E-state index in [1.54, 1.807) is 4.90 Å². The fourth-order valence-electron chi connectivity index (χ4n) is 5.74. The minimum atomic E-state index is -1.12. The number of nitrogens with zero attached hydrogens (tertiary/aromatic N) is 2. The van der Waals surface area contributed by atoms with Gasteiger partial charge in [0.15, 0.2) is 5.54 Å². The Morgan fingerprint density at radius 2 is 1.90 bits per heavy atom. The molecule has 2 N–H and O–H groups in total. The number of aromatic nitrogens is 1. The number of aromatic amines is 1. The molecule has 0 radical (unpaired) electrons. The zero-order chi connectivity index (χ0) is 21.9. The molecule has 3 heterocycles. The van der Waals surface area contributed by atoms with Gasteiger partial charge in [-0.15, -0.1) is 0 Å². The van der Waals surface area contributed by atoms with Crippen LogP contribution in [-0.2, 0) is 21.5 Å². The molecule has 7 nitrogen and oxygen atoms in total. The lowest BCUT2D eigenvalue weighted by atomic mass is 9.86. The van der Waals surface area contributed by atoms with E-state index in [4.69, 9.17) is 0 Å².